The van der Waals surface area contributed by atoms with E-state index in [0.717, 1.165) is 30.4 Å². The Hall–Kier alpha value is -2.11. The van der Waals surface area contributed by atoms with Crippen molar-refractivity contribution in [3.05, 3.63) is 56.9 Å². The fourth-order valence-electron chi connectivity index (χ4n) is 3.76. The van der Waals surface area contributed by atoms with Gasteiger partial charge in [0.2, 0.25) is 5.91 Å². The van der Waals surface area contributed by atoms with Crippen LogP contribution in [0.15, 0.2) is 30.3 Å². The first-order chi connectivity index (χ1) is 14.2. The molecular weight excluding hydrogens is 418 g/mol. The quantitative estimate of drug-likeness (QED) is 0.429. The Morgan fingerprint density at radius 1 is 1.30 bits per heavy atom. The molecule has 1 N–H and O–H groups in total. The van der Waals surface area contributed by atoms with E-state index >= 15 is 0 Å². The maximum absolute atomic E-state index is 12.7. The molecule has 3 rings (SSSR count). The van der Waals surface area contributed by atoms with Gasteiger partial charge < -0.3 is 10.1 Å². The number of rotatable bonds is 5. The summed E-state index contributed by atoms with van der Waals surface area (Å²) in [7, 11) is 0. The number of hydrogen-bond acceptors (Lipinski definition) is 4. The molecule has 0 bridgehead atoms. The summed E-state index contributed by atoms with van der Waals surface area (Å²) in [6, 6.07) is 7.32. The van der Waals surface area contributed by atoms with Gasteiger partial charge in [-0.2, -0.15) is 0 Å². The Bertz CT molecular complexity index is 971. The normalized spacial score (nSPS) is 16.4. The number of nitrogens with one attached hydrogen (secondary N) is 1. The van der Waals surface area contributed by atoms with Gasteiger partial charge >= 0.3 is 5.97 Å². The zero-order valence-electron chi connectivity index (χ0n) is 17.9. The minimum atomic E-state index is -0.366. The van der Waals surface area contributed by atoms with E-state index in [1.165, 1.54) is 22.3 Å². The van der Waals surface area contributed by atoms with E-state index in [-0.39, 0.29) is 17.3 Å². The SMILES string of the molecule is CCOC(=O)c1c(NC(=O)/C=C/c2ccccc2Cl)sc2c1CCC(C(C)(C)C)C2. The lowest BCUT2D eigenvalue weighted by molar-refractivity contribution is -0.111. The number of carbonyl (C=O) groups is 2. The smallest absolute Gasteiger partial charge is 0.341 e. The van der Waals surface area contributed by atoms with Crippen molar-refractivity contribution in [1.82, 2.24) is 0 Å². The number of hydrogen-bond donors (Lipinski definition) is 1. The van der Waals surface area contributed by atoms with Crippen LogP contribution in [-0.4, -0.2) is 18.5 Å². The molecule has 1 aromatic heterocycles. The molecular formula is C24H28ClNO3S. The van der Waals surface area contributed by atoms with E-state index in [0.29, 0.717) is 28.1 Å². The summed E-state index contributed by atoms with van der Waals surface area (Å²) in [5, 5.41) is 4.05. The Morgan fingerprint density at radius 3 is 2.70 bits per heavy atom. The van der Waals surface area contributed by atoms with Crippen LogP contribution < -0.4 is 5.32 Å². The van der Waals surface area contributed by atoms with E-state index in [1.54, 1.807) is 19.1 Å². The Labute approximate surface area is 187 Å². The van der Waals surface area contributed by atoms with Gasteiger partial charge in [-0.1, -0.05) is 50.6 Å². The molecule has 0 aliphatic heterocycles. The van der Waals surface area contributed by atoms with E-state index < -0.39 is 0 Å². The number of benzene rings is 1. The maximum atomic E-state index is 12.7. The number of anilines is 1. The van der Waals surface area contributed by atoms with Crippen LogP contribution in [0.25, 0.3) is 6.08 Å². The molecule has 160 valence electrons. The molecule has 1 amide bonds. The van der Waals surface area contributed by atoms with Gasteiger partial charge in [-0.15, -0.1) is 11.3 Å². The topological polar surface area (TPSA) is 55.4 Å². The molecule has 0 saturated carbocycles. The fraction of sp³-hybridized carbons (Fsp3) is 0.417. The molecule has 0 saturated heterocycles. The van der Waals surface area contributed by atoms with Gasteiger partial charge in [-0.05, 0) is 60.8 Å². The van der Waals surface area contributed by atoms with E-state index in [4.69, 9.17) is 16.3 Å². The molecule has 4 nitrogen and oxygen atoms in total. The summed E-state index contributed by atoms with van der Waals surface area (Å²) in [4.78, 5) is 26.4. The van der Waals surface area contributed by atoms with Gasteiger partial charge in [0, 0.05) is 16.0 Å². The Morgan fingerprint density at radius 2 is 2.03 bits per heavy atom. The highest BCUT2D eigenvalue weighted by Gasteiger charge is 2.34. The first kappa shape index (κ1) is 22.6. The zero-order chi connectivity index (χ0) is 21.9. The Kier molecular flexibility index (Phi) is 7.04. The van der Waals surface area contributed by atoms with E-state index in [1.807, 2.05) is 18.2 Å². The zero-order valence-corrected chi connectivity index (χ0v) is 19.5. The van der Waals surface area contributed by atoms with Crippen LogP contribution in [-0.2, 0) is 22.4 Å². The molecule has 1 unspecified atom stereocenters. The monoisotopic (exact) mass is 445 g/mol. The lowest BCUT2D eigenvalue weighted by Crippen LogP contribution is -2.26. The largest absolute Gasteiger partial charge is 0.462 e. The molecule has 30 heavy (non-hydrogen) atoms. The van der Waals surface area contributed by atoms with Crippen molar-refractivity contribution < 1.29 is 14.3 Å². The van der Waals surface area contributed by atoms with Gasteiger partial charge in [0.15, 0.2) is 0 Å². The number of halogens is 1. The highest BCUT2D eigenvalue weighted by Crippen LogP contribution is 2.44. The van der Waals surface area contributed by atoms with Crippen LogP contribution in [0.3, 0.4) is 0 Å². The van der Waals surface area contributed by atoms with Gasteiger partial charge in [0.1, 0.15) is 5.00 Å². The first-order valence-electron chi connectivity index (χ1n) is 10.3. The average Bonchev–Trinajstić information content (AvgIpc) is 3.03. The number of amides is 1. The molecule has 1 aliphatic rings. The number of fused-ring (bicyclic) bond motifs is 1. The van der Waals surface area contributed by atoms with Gasteiger partial charge in [-0.3, -0.25) is 4.79 Å². The van der Waals surface area contributed by atoms with Crippen molar-refractivity contribution in [2.75, 3.05) is 11.9 Å². The maximum Gasteiger partial charge on any atom is 0.341 e. The number of esters is 1. The fourth-order valence-corrected chi connectivity index (χ4v) is 5.28. The molecule has 0 radical (unpaired) electrons. The molecule has 1 heterocycles. The van der Waals surface area contributed by atoms with Crippen LogP contribution in [0.5, 0.6) is 0 Å². The van der Waals surface area contributed by atoms with Crippen LogP contribution in [0.2, 0.25) is 5.02 Å². The third-order valence-corrected chi connectivity index (χ3v) is 7.04. The lowest BCUT2D eigenvalue weighted by atomic mass is 9.72. The van der Waals surface area contributed by atoms with Gasteiger partial charge in [-0.25, -0.2) is 4.79 Å². The second-order valence-corrected chi connectivity index (χ2v) is 10.1. The third kappa shape index (κ3) is 5.13. The van der Waals surface area contributed by atoms with Crippen molar-refractivity contribution in [3.8, 4) is 0 Å². The standard InChI is InChI=1S/C24H28ClNO3S/c1-5-29-23(28)21-17-12-11-16(24(2,3)4)14-19(17)30-22(21)26-20(27)13-10-15-8-6-7-9-18(15)25/h6-10,13,16H,5,11-12,14H2,1-4H3,(H,26,27)/b13-10+. The molecule has 0 fully saturated rings. The van der Waals surface area contributed by atoms with E-state index in [2.05, 4.69) is 26.1 Å². The molecule has 6 heteroatoms. The van der Waals surface area contributed by atoms with Crippen molar-refractivity contribution >= 4 is 45.9 Å². The summed E-state index contributed by atoms with van der Waals surface area (Å²) in [5.74, 6) is -0.122. The van der Waals surface area contributed by atoms with Crippen LogP contribution in [0.1, 0.15) is 60.5 Å². The Balaban J connectivity index is 1.86. The number of ether oxygens (including phenoxy) is 1. The highest BCUT2D eigenvalue weighted by molar-refractivity contribution is 7.17. The number of carbonyl (C=O) groups excluding carboxylic acids is 2. The van der Waals surface area contributed by atoms with Crippen LogP contribution in [0, 0.1) is 11.3 Å². The lowest BCUT2D eigenvalue weighted by Gasteiger charge is -2.33. The van der Waals surface area contributed by atoms with Crippen LogP contribution in [0.4, 0.5) is 5.00 Å². The first-order valence-corrected chi connectivity index (χ1v) is 11.5. The van der Waals surface area contributed by atoms with Crippen molar-refractivity contribution in [1.29, 1.82) is 0 Å². The second-order valence-electron chi connectivity index (χ2n) is 8.58. The summed E-state index contributed by atoms with van der Waals surface area (Å²) in [6.07, 6.45) is 5.88. The summed E-state index contributed by atoms with van der Waals surface area (Å²) >= 11 is 7.64. The summed E-state index contributed by atoms with van der Waals surface area (Å²) in [6.45, 7) is 8.85. The van der Waals surface area contributed by atoms with Crippen molar-refractivity contribution in [2.45, 2.75) is 47.0 Å². The predicted molar refractivity (Wildman–Crippen MR) is 124 cm³/mol. The van der Waals surface area contributed by atoms with E-state index in [9.17, 15) is 9.59 Å². The highest BCUT2D eigenvalue weighted by atomic mass is 35.5. The second kappa shape index (κ2) is 9.36. The minimum absolute atomic E-state index is 0.201. The van der Waals surface area contributed by atoms with Crippen molar-refractivity contribution in [3.63, 3.8) is 0 Å². The average molecular weight is 446 g/mol. The number of thiophene rings is 1. The minimum Gasteiger partial charge on any atom is -0.462 e. The molecule has 0 spiro atoms. The molecule has 1 aliphatic carbocycles. The van der Waals surface area contributed by atoms with Gasteiger partial charge in [0.25, 0.3) is 0 Å². The predicted octanol–water partition coefficient (Wildman–Crippen LogP) is 6.38. The van der Waals surface area contributed by atoms with Gasteiger partial charge in [0.05, 0.1) is 12.2 Å². The summed E-state index contributed by atoms with van der Waals surface area (Å²) in [5.41, 5.74) is 2.51. The van der Waals surface area contributed by atoms with Crippen LogP contribution >= 0.6 is 22.9 Å². The molecule has 1 aromatic carbocycles. The molecule has 1 atom stereocenters. The summed E-state index contributed by atoms with van der Waals surface area (Å²) < 4.78 is 5.29. The van der Waals surface area contributed by atoms with Crippen molar-refractivity contribution in [2.24, 2.45) is 11.3 Å². The third-order valence-electron chi connectivity index (χ3n) is 5.53. The molecule has 2 aromatic rings.